The molecule has 1 fully saturated rings. The Morgan fingerprint density at radius 2 is 1.88 bits per heavy atom. The van der Waals surface area contributed by atoms with Crippen LogP contribution < -0.4 is 5.73 Å². The van der Waals surface area contributed by atoms with Gasteiger partial charge in [-0.3, -0.25) is 0 Å². The molecule has 0 unspecified atom stereocenters. The van der Waals surface area contributed by atoms with E-state index < -0.39 is 5.54 Å². The van der Waals surface area contributed by atoms with Crippen molar-refractivity contribution in [2.24, 2.45) is 5.73 Å². The van der Waals surface area contributed by atoms with Crippen LogP contribution in [0.5, 0.6) is 0 Å². The van der Waals surface area contributed by atoms with Crippen molar-refractivity contribution in [2.75, 3.05) is 0 Å². The Bertz CT molecular complexity index is 397. The standard InChI is InChI=1S/C13H17ClFN/c1-9-7-12(15)10(8-11(9)14)13(16)5-3-2-4-6-13/h7-8H,2-6,16H2,1H3. The molecule has 2 rings (SSSR count). The number of hydrogen-bond acceptors (Lipinski definition) is 1. The number of rotatable bonds is 1. The van der Waals surface area contributed by atoms with Gasteiger partial charge in [0.15, 0.2) is 0 Å². The van der Waals surface area contributed by atoms with Crippen LogP contribution in [0.2, 0.25) is 5.02 Å². The highest BCUT2D eigenvalue weighted by atomic mass is 35.5. The van der Waals surface area contributed by atoms with E-state index in [9.17, 15) is 4.39 Å². The SMILES string of the molecule is Cc1cc(F)c(C2(N)CCCCC2)cc1Cl. The second-order valence-corrected chi connectivity index (χ2v) is 5.21. The summed E-state index contributed by atoms with van der Waals surface area (Å²) in [5, 5.41) is 0.604. The molecule has 0 aromatic heterocycles. The maximum Gasteiger partial charge on any atom is 0.128 e. The van der Waals surface area contributed by atoms with Crippen molar-refractivity contribution in [1.29, 1.82) is 0 Å². The molecule has 1 aromatic rings. The predicted octanol–water partition coefficient (Wildman–Crippen LogP) is 3.91. The first-order chi connectivity index (χ1) is 7.53. The third-order valence-electron chi connectivity index (χ3n) is 3.53. The van der Waals surface area contributed by atoms with E-state index in [0.29, 0.717) is 10.6 Å². The lowest BCUT2D eigenvalue weighted by molar-refractivity contribution is 0.293. The predicted molar refractivity (Wildman–Crippen MR) is 65.1 cm³/mol. The highest BCUT2D eigenvalue weighted by molar-refractivity contribution is 6.31. The fraction of sp³-hybridized carbons (Fsp3) is 0.538. The zero-order valence-electron chi connectivity index (χ0n) is 9.52. The molecular formula is C13H17ClFN. The van der Waals surface area contributed by atoms with Gasteiger partial charge in [0.05, 0.1) is 0 Å². The Morgan fingerprint density at radius 1 is 1.25 bits per heavy atom. The van der Waals surface area contributed by atoms with Crippen LogP contribution in [0.1, 0.15) is 43.2 Å². The third kappa shape index (κ3) is 2.09. The molecule has 1 aromatic carbocycles. The summed E-state index contributed by atoms with van der Waals surface area (Å²) in [5.41, 5.74) is 7.14. The van der Waals surface area contributed by atoms with E-state index in [4.69, 9.17) is 17.3 Å². The highest BCUT2D eigenvalue weighted by Gasteiger charge is 2.32. The zero-order valence-corrected chi connectivity index (χ0v) is 10.3. The quantitative estimate of drug-likeness (QED) is 0.793. The minimum Gasteiger partial charge on any atom is -0.321 e. The lowest BCUT2D eigenvalue weighted by atomic mass is 9.77. The second kappa shape index (κ2) is 4.34. The minimum absolute atomic E-state index is 0.216. The molecule has 0 spiro atoms. The zero-order chi connectivity index (χ0) is 11.8. The molecule has 0 saturated heterocycles. The van der Waals surface area contributed by atoms with E-state index in [-0.39, 0.29) is 5.82 Å². The van der Waals surface area contributed by atoms with Crippen molar-refractivity contribution in [3.63, 3.8) is 0 Å². The number of benzene rings is 1. The van der Waals surface area contributed by atoms with Crippen LogP contribution >= 0.6 is 11.6 Å². The van der Waals surface area contributed by atoms with Gasteiger partial charge < -0.3 is 5.73 Å². The molecule has 0 atom stereocenters. The summed E-state index contributed by atoms with van der Waals surface area (Å²) in [4.78, 5) is 0. The molecule has 1 nitrogen and oxygen atoms in total. The topological polar surface area (TPSA) is 26.0 Å². The Labute approximate surface area is 101 Å². The van der Waals surface area contributed by atoms with Crippen LogP contribution in [0.25, 0.3) is 0 Å². The van der Waals surface area contributed by atoms with Crippen molar-refractivity contribution in [3.05, 3.63) is 34.1 Å². The first-order valence-corrected chi connectivity index (χ1v) is 6.16. The largest absolute Gasteiger partial charge is 0.321 e. The number of hydrogen-bond donors (Lipinski definition) is 1. The highest BCUT2D eigenvalue weighted by Crippen LogP contribution is 2.37. The van der Waals surface area contributed by atoms with E-state index in [1.807, 2.05) is 0 Å². The molecule has 0 bridgehead atoms. The summed E-state index contributed by atoms with van der Waals surface area (Å²) in [6.07, 6.45) is 5.04. The van der Waals surface area contributed by atoms with Gasteiger partial charge in [-0.2, -0.15) is 0 Å². The van der Waals surface area contributed by atoms with Gasteiger partial charge in [-0.05, 0) is 37.5 Å². The fourth-order valence-electron chi connectivity index (χ4n) is 2.48. The monoisotopic (exact) mass is 241 g/mol. The van der Waals surface area contributed by atoms with Gasteiger partial charge in [-0.25, -0.2) is 4.39 Å². The maximum absolute atomic E-state index is 13.9. The van der Waals surface area contributed by atoms with E-state index in [1.165, 1.54) is 12.5 Å². The van der Waals surface area contributed by atoms with Crippen molar-refractivity contribution in [1.82, 2.24) is 0 Å². The lowest BCUT2D eigenvalue weighted by Gasteiger charge is -2.34. The van der Waals surface area contributed by atoms with Gasteiger partial charge in [0.1, 0.15) is 5.82 Å². The van der Waals surface area contributed by atoms with Crippen molar-refractivity contribution >= 4 is 11.6 Å². The smallest absolute Gasteiger partial charge is 0.128 e. The van der Waals surface area contributed by atoms with Gasteiger partial charge in [-0.1, -0.05) is 30.9 Å². The van der Waals surface area contributed by atoms with Gasteiger partial charge in [0.25, 0.3) is 0 Å². The van der Waals surface area contributed by atoms with Crippen LogP contribution in [0, 0.1) is 12.7 Å². The average Bonchev–Trinajstić information content (AvgIpc) is 2.24. The molecule has 1 saturated carbocycles. The van der Waals surface area contributed by atoms with Gasteiger partial charge >= 0.3 is 0 Å². The van der Waals surface area contributed by atoms with Crippen LogP contribution in [0.3, 0.4) is 0 Å². The Kier molecular flexibility index (Phi) is 3.22. The van der Waals surface area contributed by atoms with Gasteiger partial charge in [-0.15, -0.1) is 0 Å². The van der Waals surface area contributed by atoms with Crippen LogP contribution in [-0.4, -0.2) is 0 Å². The first-order valence-electron chi connectivity index (χ1n) is 5.78. The summed E-state index contributed by atoms with van der Waals surface area (Å²) < 4.78 is 13.9. The molecule has 0 amide bonds. The van der Waals surface area contributed by atoms with Crippen LogP contribution in [-0.2, 0) is 5.54 Å². The maximum atomic E-state index is 13.9. The molecule has 16 heavy (non-hydrogen) atoms. The van der Waals surface area contributed by atoms with E-state index in [1.54, 1.807) is 13.0 Å². The molecule has 2 N–H and O–H groups in total. The van der Waals surface area contributed by atoms with Crippen LogP contribution in [0.15, 0.2) is 12.1 Å². The molecule has 1 aliphatic rings. The van der Waals surface area contributed by atoms with Crippen LogP contribution in [0.4, 0.5) is 4.39 Å². The average molecular weight is 242 g/mol. The van der Waals surface area contributed by atoms with E-state index >= 15 is 0 Å². The molecule has 0 aliphatic heterocycles. The fourth-order valence-corrected chi connectivity index (χ4v) is 2.64. The first kappa shape index (κ1) is 11.9. The third-order valence-corrected chi connectivity index (χ3v) is 3.94. The molecule has 0 radical (unpaired) electrons. The van der Waals surface area contributed by atoms with Crippen molar-refractivity contribution < 1.29 is 4.39 Å². The Balaban J connectivity index is 2.42. The molecule has 0 heterocycles. The molecular weight excluding hydrogens is 225 g/mol. The normalized spacial score (nSPS) is 19.8. The van der Waals surface area contributed by atoms with Gasteiger partial charge in [0, 0.05) is 16.1 Å². The van der Waals surface area contributed by atoms with Crippen molar-refractivity contribution in [3.8, 4) is 0 Å². The molecule has 88 valence electrons. The van der Waals surface area contributed by atoms with E-state index in [2.05, 4.69) is 0 Å². The molecule has 1 aliphatic carbocycles. The number of nitrogens with two attached hydrogens (primary N) is 1. The summed E-state index contributed by atoms with van der Waals surface area (Å²) in [6.45, 7) is 1.80. The minimum atomic E-state index is -0.514. The lowest BCUT2D eigenvalue weighted by Crippen LogP contribution is -2.39. The summed E-state index contributed by atoms with van der Waals surface area (Å²) in [5.74, 6) is -0.216. The van der Waals surface area contributed by atoms with Gasteiger partial charge in [0.2, 0.25) is 0 Å². The molecule has 3 heteroatoms. The summed E-state index contributed by atoms with van der Waals surface area (Å²) in [6, 6.07) is 3.19. The summed E-state index contributed by atoms with van der Waals surface area (Å²) >= 11 is 6.04. The number of aryl methyl sites for hydroxylation is 1. The second-order valence-electron chi connectivity index (χ2n) is 4.80. The Morgan fingerprint density at radius 3 is 2.50 bits per heavy atom. The summed E-state index contributed by atoms with van der Waals surface area (Å²) in [7, 11) is 0. The Hall–Kier alpha value is -0.600. The number of halogens is 2. The van der Waals surface area contributed by atoms with Crippen molar-refractivity contribution in [2.45, 2.75) is 44.6 Å². The van der Waals surface area contributed by atoms with E-state index in [0.717, 1.165) is 31.2 Å².